The summed E-state index contributed by atoms with van der Waals surface area (Å²) < 4.78 is 0. The highest BCUT2D eigenvalue weighted by Crippen LogP contribution is 2.65. The molecule has 2 fully saturated rings. The van der Waals surface area contributed by atoms with Crippen LogP contribution in [0, 0.1) is 23.2 Å². The summed E-state index contributed by atoms with van der Waals surface area (Å²) >= 11 is 0. The van der Waals surface area contributed by atoms with Gasteiger partial charge in [0.15, 0.2) is 0 Å². The molecule has 0 aromatic carbocycles. The Morgan fingerprint density at radius 1 is 1.13 bits per heavy atom. The number of carbonyl (C=O) groups excluding carboxylic acids is 1. The van der Waals surface area contributed by atoms with Crippen molar-refractivity contribution >= 4 is 5.78 Å². The predicted molar refractivity (Wildman–Crippen MR) is 92.0 cm³/mol. The highest BCUT2D eigenvalue weighted by atomic mass is 16.3. The summed E-state index contributed by atoms with van der Waals surface area (Å²) in [6.45, 7) is 4.60. The molecule has 2 nitrogen and oxygen atoms in total. The molecule has 5 atom stereocenters. The second-order valence-electron chi connectivity index (χ2n) is 9.04. The van der Waals surface area contributed by atoms with Gasteiger partial charge in [0.05, 0.1) is 5.60 Å². The van der Waals surface area contributed by atoms with Crippen LogP contribution in [0.15, 0.2) is 11.1 Å². The van der Waals surface area contributed by atoms with E-state index in [2.05, 4.69) is 13.8 Å². The van der Waals surface area contributed by atoms with Crippen molar-refractivity contribution in [1.82, 2.24) is 0 Å². The normalized spacial score (nSPS) is 46.4. The molecule has 4 aliphatic rings. The number of aliphatic hydroxyl groups is 1. The van der Waals surface area contributed by atoms with Gasteiger partial charge in [-0.3, -0.25) is 4.79 Å². The zero-order valence-corrected chi connectivity index (χ0v) is 14.9. The monoisotopic (exact) mass is 316 g/mol. The number of allylic oxidation sites excluding steroid dienone is 2. The minimum absolute atomic E-state index is 0.132. The molecule has 4 rings (SSSR count). The molecule has 5 unspecified atom stereocenters. The van der Waals surface area contributed by atoms with E-state index < -0.39 is 5.60 Å². The summed E-state index contributed by atoms with van der Waals surface area (Å²) in [7, 11) is 0. The van der Waals surface area contributed by atoms with Crippen molar-refractivity contribution < 1.29 is 9.90 Å². The summed E-state index contributed by atoms with van der Waals surface area (Å²) in [5.74, 6) is 2.66. The third kappa shape index (κ3) is 2.20. The van der Waals surface area contributed by atoms with Crippen LogP contribution in [0.2, 0.25) is 0 Å². The van der Waals surface area contributed by atoms with Gasteiger partial charge >= 0.3 is 0 Å². The molecule has 0 radical (unpaired) electrons. The molecule has 0 aromatic rings. The van der Waals surface area contributed by atoms with Crippen LogP contribution in [0.25, 0.3) is 0 Å². The van der Waals surface area contributed by atoms with E-state index in [1.54, 1.807) is 5.57 Å². The molecule has 0 saturated heterocycles. The molecular weight excluding hydrogens is 284 g/mol. The lowest BCUT2D eigenvalue weighted by Gasteiger charge is -2.54. The van der Waals surface area contributed by atoms with Crippen LogP contribution in [0.3, 0.4) is 0 Å². The van der Waals surface area contributed by atoms with E-state index in [4.69, 9.17) is 0 Å². The van der Waals surface area contributed by atoms with E-state index in [1.165, 1.54) is 31.3 Å². The number of Topliss-reactive ketones (excluding diaryl/α,β-unsaturated/α-hetero) is 1. The first-order chi connectivity index (χ1) is 11.0. The highest BCUT2D eigenvalue weighted by Gasteiger charge is 2.61. The molecule has 4 aliphatic carbocycles. The molecule has 1 N–H and O–H groups in total. The van der Waals surface area contributed by atoms with Crippen LogP contribution in [0.4, 0.5) is 0 Å². The van der Waals surface area contributed by atoms with E-state index in [0.717, 1.165) is 56.8 Å². The Labute approximate surface area is 140 Å². The Morgan fingerprint density at radius 3 is 2.74 bits per heavy atom. The third-order valence-electron chi connectivity index (χ3n) is 8.19. The Balaban J connectivity index is 1.63. The van der Waals surface area contributed by atoms with Gasteiger partial charge < -0.3 is 5.11 Å². The van der Waals surface area contributed by atoms with Gasteiger partial charge in [0.2, 0.25) is 0 Å². The molecule has 2 heteroatoms. The lowest BCUT2D eigenvalue weighted by molar-refractivity contribution is -0.120. The number of ketones is 1. The highest BCUT2D eigenvalue weighted by molar-refractivity contribution is 5.82. The fraction of sp³-hybridized carbons (Fsp3) is 0.857. The van der Waals surface area contributed by atoms with Crippen LogP contribution in [-0.2, 0) is 4.79 Å². The molecule has 0 aliphatic heterocycles. The van der Waals surface area contributed by atoms with Crippen LogP contribution >= 0.6 is 0 Å². The number of rotatable bonds is 2. The summed E-state index contributed by atoms with van der Waals surface area (Å²) in [6, 6.07) is 0. The average molecular weight is 316 g/mol. The Kier molecular flexibility index (Phi) is 3.75. The van der Waals surface area contributed by atoms with Gasteiger partial charge in [0, 0.05) is 12.8 Å². The van der Waals surface area contributed by atoms with Crippen molar-refractivity contribution in [2.75, 3.05) is 0 Å². The SMILES string of the molecule is CCCC1(O)CCC2C3CCC4=C(CCC(=O)C4)C3CCC21C. The standard InChI is InChI=1S/C21H32O2/c1-3-10-21(23)12-9-19-18-6-4-14-13-15(22)5-7-16(14)17(18)8-11-20(19,21)2/h17-19,23H,3-13H2,1-2H3. The summed E-state index contributed by atoms with van der Waals surface area (Å²) in [6.07, 6.45) is 11.7. The fourth-order valence-corrected chi connectivity index (χ4v) is 6.99. The Hall–Kier alpha value is -0.630. The maximum atomic E-state index is 11.8. The van der Waals surface area contributed by atoms with Gasteiger partial charge in [-0.05, 0) is 74.5 Å². The first kappa shape index (κ1) is 15.9. The van der Waals surface area contributed by atoms with Gasteiger partial charge in [-0.2, -0.15) is 0 Å². The Morgan fingerprint density at radius 2 is 1.96 bits per heavy atom. The van der Waals surface area contributed by atoms with Gasteiger partial charge in [0.25, 0.3) is 0 Å². The molecule has 0 aromatic heterocycles. The number of carbonyl (C=O) groups is 1. The second kappa shape index (κ2) is 5.44. The summed E-state index contributed by atoms with van der Waals surface area (Å²) in [5, 5.41) is 11.3. The van der Waals surface area contributed by atoms with E-state index >= 15 is 0 Å². The molecule has 0 bridgehead atoms. The zero-order chi connectivity index (χ0) is 16.2. The molecule has 128 valence electrons. The van der Waals surface area contributed by atoms with Crippen LogP contribution < -0.4 is 0 Å². The minimum atomic E-state index is -0.422. The summed E-state index contributed by atoms with van der Waals surface area (Å²) in [5.41, 5.74) is 2.89. The fourth-order valence-electron chi connectivity index (χ4n) is 6.99. The maximum absolute atomic E-state index is 11.8. The van der Waals surface area contributed by atoms with Crippen molar-refractivity contribution in [3.8, 4) is 0 Å². The van der Waals surface area contributed by atoms with E-state index in [0.29, 0.717) is 11.7 Å². The van der Waals surface area contributed by atoms with E-state index in [9.17, 15) is 9.90 Å². The van der Waals surface area contributed by atoms with Crippen LogP contribution in [-0.4, -0.2) is 16.5 Å². The first-order valence-electron chi connectivity index (χ1n) is 9.93. The molecule has 0 spiro atoms. The number of fused-ring (bicyclic) bond motifs is 4. The van der Waals surface area contributed by atoms with Gasteiger partial charge in [-0.1, -0.05) is 31.4 Å². The third-order valence-corrected chi connectivity index (χ3v) is 8.19. The van der Waals surface area contributed by atoms with Crippen molar-refractivity contribution in [2.45, 2.75) is 90.1 Å². The Bertz CT molecular complexity index is 548. The largest absolute Gasteiger partial charge is 0.389 e. The van der Waals surface area contributed by atoms with Gasteiger partial charge in [0.1, 0.15) is 5.78 Å². The van der Waals surface area contributed by atoms with Crippen molar-refractivity contribution in [3.05, 3.63) is 11.1 Å². The molecule has 0 heterocycles. The van der Waals surface area contributed by atoms with E-state index in [1.807, 2.05) is 0 Å². The van der Waals surface area contributed by atoms with Gasteiger partial charge in [-0.15, -0.1) is 0 Å². The quantitative estimate of drug-likeness (QED) is 0.743. The molecule has 0 amide bonds. The smallest absolute Gasteiger partial charge is 0.137 e. The number of hydrogen-bond acceptors (Lipinski definition) is 2. The molecule has 23 heavy (non-hydrogen) atoms. The first-order valence-corrected chi connectivity index (χ1v) is 9.93. The van der Waals surface area contributed by atoms with Crippen molar-refractivity contribution in [1.29, 1.82) is 0 Å². The maximum Gasteiger partial charge on any atom is 0.137 e. The van der Waals surface area contributed by atoms with Gasteiger partial charge in [-0.25, -0.2) is 0 Å². The second-order valence-corrected chi connectivity index (χ2v) is 9.04. The zero-order valence-electron chi connectivity index (χ0n) is 14.9. The van der Waals surface area contributed by atoms with Crippen LogP contribution in [0.5, 0.6) is 0 Å². The lowest BCUT2D eigenvalue weighted by Crippen LogP contribution is -2.51. The number of hydrogen-bond donors (Lipinski definition) is 1. The molecule has 2 saturated carbocycles. The van der Waals surface area contributed by atoms with Crippen LogP contribution in [0.1, 0.15) is 84.5 Å². The minimum Gasteiger partial charge on any atom is -0.389 e. The topological polar surface area (TPSA) is 37.3 Å². The van der Waals surface area contributed by atoms with E-state index in [-0.39, 0.29) is 5.41 Å². The average Bonchev–Trinajstić information content (AvgIpc) is 2.79. The van der Waals surface area contributed by atoms with Crippen molar-refractivity contribution in [3.63, 3.8) is 0 Å². The van der Waals surface area contributed by atoms with Crippen molar-refractivity contribution in [2.24, 2.45) is 23.2 Å². The molecular formula is C21H32O2. The summed E-state index contributed by atoms with van der Waals surface area (Å²) in [4.78, 5) is 11.8. The predicted octanol–water partition coefficient (Wildman–Crippen LogP) is 4.80. The lowest BCUT2D eigenvalue weighted by atomic mass is 9.52.